The molecule has 0 unspecified atom stereocenters. The number of rotatable bonds is 4. The molecule has 2 saturated heterocycles. The van der Waals surface area contributed by atoms with Crippen molar-refractivity contribution < 1.29 is 9.53 Å². The molecule has 5 nitrogen and oxygen atoms in total. The van der Waals surface area contributed by atoms with E-state index in [1.165, 1.54) is 19.3 Å². The third kappa shape index (κ3) is 4.76. The second kappa shape index (κ2) is 9.04. The van der Waals surface area contributed by atoms with Crippen molar-refractivity contribution in [3.8, 4) is 0 Å². The van der Waals surface area contributed by atoms with Gasteiger partial charge in [0.05, 0.1) is 17.6 Å². The average Bonchev–Trinajstić information content (AvgIpc) is 2.91. The van der Waals surface area contributed by atoms with E-state index in [0.29, 0.717) is 5.92 Å². The summed E-state index contributed by atoms with van der Waals surface area (Å²) in [5, 5.41) is 6.68. The molecule has 1 saturated carbocycles. The van der Waals surface area contributed by atoms with E-state index < -0.39 is 0 Å². The summed E-state index contributed by atoms with van der Waals surface area (Å²) in [4.78, 5) is 15.2. The molecule has 0 aromatic rings. The van der Waals surface area contributed by atoms with Crippen LogP contribution in [-0.2, 0) is 9.53 Å². The molecule has 3 rings (SSSR count). The summed E-state index contributed by atoms with van der Waals surface area (Å²) in [6.07, 6.45) is 4.74. The Kier molecular flexibility index (Phi) is 8.27. The summed E-state index contributed by atoms with van der Waals surface area (Å²) >= 11 is 0. The summed E-state index contributed by atoms with van der Waals surface area (Å²) in [5.41, 5.74) is -0.187. The second-order valence-corrected chi connectivity index (χ2v) is 7.87. The SMILES string of the molecule is CC1(C)CN(CCNC(=O)[C@@]23CCCC[C@H]2CNC3)CCO1.Cl.Cl. The Balaban J connectivity index is 0.00000144. The molecule has 0 bridgehead atoms. The van der Waals surface area contributed by atoms with Crippen molar-refractivity contribution in [3.63, 3.8) is 0 Å². The topological polar surface area (TPSA) is 53.6 Å². The van der Waals surface area contributed by atoms with Crippen molar-refractivity contribution in [2.75, 3.05) is 45.9 Å². The van der Waals surface area contributed by atoms with Gasteiger partial charge in [-0.3, -0.25) is 9.69 Å². The zero-order valence-electron chi connectivity index (χ0n) is 14.9. The number of carbonyl (C=O) groups excluding carboxylic acids is 1. The van der Waals surface area contributed by atoms with Crippen LogP contribution in [0.1, 0.15) is 39.5 Å². The summed E-state index contributed by atoms with van der Waals surface area (Å²) in [6, 6.07) is 0. The van der Waals surface area contributed by atoms with E-state index in [1.807, 2.05) is 0 Å². The van der Waals surface area contributed by atoms with Crippen LogP contribution in [0, 0.1) is 11.3 Å². The van der Waals surface area contributed by atoms with Gasteiger partial charge in [0.25, 0.3) is 0 Å². The molecule has 142 valence electrons. The number of carbonyl (C=O) groups is 1. The lowest BCUT2D eigenvalue weighted by molar-refractivity contribution is -0.134. The lowest BCUT2D eigenvalue weighted by Crippen LogP contribution is -2.52. The third-order valence-electron chi connectivity index (χ3n) is 5.71. The Morgan fingerprint density at radius 2 is 2.12 bits per heavy atom. The van der Waals surface area contributed by atoms with Gasteiger partial charge in [-0.15, -0.1) is 24.8 Å². The van der Waals surface area contributed by atoms with E-state index in [-0.39, 0.29) is 41.7 Å². The van der Waals surface area contributed by atoms with Crippen molar-refractivity contribution >= 4 is 30.7 Å². The normalized spacial score (nSPS) is 32.2. The summed E-state index contributed by atoms with van der Waals surface area (Å²) in [6.45, 7) is 10.5. The molecule has 2 aliphatic heterocycles. The van der Waals surface area contributed by atoms with Crippen LogP contribution in [-0.4, -0.2) is 62.3 Å². The molecule has 0 aromatic heterocycles. The Hall–Kier alpha value is -0.0700. The minimum Gasteiger partial charge on any atom is -0.373 e. The van der Waals surface area contributed by atoms with Crippen molar-refractivity contribution in [2.24, 2.45) is 11.3 Å². The van der Waals surface area contributed by atoms with Gasteiger partial charge in [-0.1, -0.05) is 12.8 Å². The van der Waals surface area contributed by atoms with Gasteiger partial charge in [0.2, 0.25) is 5.91 Å². The van der Waals surface area contributed by atoms with Crippen LogP contribution in [0.2, 0.25) is 0 Å². The Bertz CT molecular complexity index is 423. The largest absolute Gasteiger partial charge is 0.373 e. The van der Waals surface area contributed by atoms with Crippen LogP contribution in [0.4, 0.5) is 0 Å². The standard InChI is InChI=1S/C17H31N3O2.2ClH/c1-16(2)13-20(9-10-22-16)8-7-19-15(21)17-6-4-3-5-14(17)11-18-12-17;;/h14,18H,3-13H2,1-2H3,(H,19,21);2*1H/t14-,17+;;/m0../s1. The second-order valence-electron chi connectivity index (χ2n) is 7.87. The first kappa shape index (κ1) is 22.0. The highest BCUT2D eigenvalue weighted by Crippen LogP contribution is 2.43. The number of fused-ring (bicyclic) bond motifs is 1. The summed E-state index contributed by atoms with van der Waals surface area (Å²) in [7, 11) is 0. The molecule has 24 heavy (non-hydrogen) atoms. The monoisotopic (exact) mass is 381 g/mol. The van der Waals surface area contributed by atoms with E-state index in [1.54, 1.807) is 0 Å². The van der Waals surface area contributed by atoms with Gasteiger partial charge in [-0.05, 0) is 39.2 Å². The molecule has 1 aliphatic carbocycles. The maximum atomic E-state index is 12.8. The molecule has 2 N–H and O–H groups in total. The lowest BCUT2D eigenvalue weighted by Gasteiger charge is -2.39. The molecule has 3 aliphatic rings. The van der Waals surface area contributed by atoms with Crippen LogP contribution in [0.25, 0.3) is 0 Å². The van der Waals surface area contributed by atoms with Crippen LogP contribution < -0.4 is 10.6 Å². The number of amides is 1. The highest BCUT2D eigenvalue weighted by molar-refractivity contribution is 5.85. The molecule has 2 atom stereocenters. The van der Waals surface area contributed by atoms with E-state index in [4.69, 9.17) is 4.74 Å². The fraction of sp³-hybridized carbons (Fsp3) is 0.941. The van der Waals surface area contributed by atoms with Gasteiger partial charge < -0.3 is 15.4 Å². The fourth-order valence-electron chi connectivity index (χ4n) is 4.50. The lowest BCUT2D eigenvalue weighted by atomic mass is 9.67. The van der Waals surface area contributed by atoms with E-state index in [2.05, 4.69) is 29.4 Å². The molecule has 7 heteroatoms. The van der Waals surface area contributed by atoms with Gasteiger partial charge in [-0.25, -0.2) is 0 Å². The van der Waals surface area contributed by atoms with Gasteiger partial charge >= 0.3 is 0 Å². The zero-order chi connectivity index (χ0) is 15.6. The van der Waals surface area contributed by atoms with Gasteiger partial charge in [0.1, 0.15) is 0 Å². The number of ether oxygens (including phenoxy) is 1. The molecule has 0 aromatic carbocycles. The molecule has 1 amide bonds. The number of hydrogen-bond acceptors (Lipinski definition) is 4. The Morgan fingerprint density at radius 1 is 1.33 bits per heavy atom. The quantitative estimate of drug-likeness (QED) is 0.779. The first-order valence-corrected chi connectivity index (χ1v) is 8.87. The minimum absolute atomic E-state index is 0. The molecule has 0 spiro atoms. The molecule has 2 heterocycles. The molecule has 0 radical (unpaired) electrons. The van der Waals surface area contributed by atoms with Crippen LogP contribution in [0.15, 0.2) is 0 Å². The van der Waals surface area contributed by atoms with Crippen molar-refractivity contribution in [2.45, 2.75) is 45.1 Å². The average molecular weight is 382 g/mol. The minimum atomic E-state index is -0.122. The number of nitrogens with zero attached hydrogens (tertiary/aromatic N) is 1. The number of hydrogen-bond donors (Lipinski definition) is 2. The highest BCUT2D eigenvalue weighted by atomic mass is 35.5. The van der Waals surface area contributed by atoms with Crippen LogP contribution in [0.5, 0.6) is 0 Å². The molecular formula is C17H33Cl2N3O2. The number of morpholine rings is 1. The molecular weight excluding hydrogens is 349 g/mol. The maximum absolute atomic E-state index is 12.8. The van der Waals surface area contributed by atoms with Crippen molar-refractivity contribution in [3.05, 3.63) is 0 Å². The summed E-state index contributed by atoms with van der Waals surface area (Å²) < 4.78 is 5.74. The Morgan fingerprint density at radius 3 is 2.88 bits per heavy atom. The first-order valence-electron chi connectivity index (χ1n) is 8.87. The van der Waals surface area contributed by atoms with Gasteiger partial charge in [0.15, 0.2) is 0 Å². The fourth-order valence-corrected chi connectivity index (χ4v) is 4.50. The smallest absolute Gasteiger partial charge is 0.227 e. The van der Waals surface area contributed by atoms with E-state index in [9.17, 15) is 4.79 Å². The number of nitrogens with one attached hydrogen (secondary N) is 2. The zero-order valence-corrected chi connectivity index (χ0v) is 16.6. The van der Waals surface area contributed by atoms with E-state index in [0.717, 1.165) is 52.3 Å². The molecule has 3 fully saturated rings. The van der Waals surface area contributed by atoms with Crippen molar-refractivity contribution in [1.29, 1.82) is 0 Å². The first-order chi connectivity index (χ1) is 10.5. The highest BCUT2D eigenvalue weighted by Gasteiger charge is 2.49. The predicted molar refractivity (Wildman–Crippen MR) is 101 cm³/mol. The third-order valence-corrected chi connectivity index (χ3v) is 5.71. The predicted octanol–water partition coefficient (Wildman–Crippen LogP) is 1.84. The maximum Gasteiger partial charge on any atom is 0.227 e. The number of halogens is 2. The van der Waals surface area contributed by atoms with Crippen molar-refractivity contribution in [1.82, 2.24) is 15.5 Å². The van der Waals surface area contributed by atoms with E-state index >= 15 is 0 Å². The van der Waals surface area contributed by atoms with Gasteiger partial charge in [0, 0.05) is 32.7 Å². The Labute approximate surface area is 158 Å². The van der Waals surface area contributed by atoms with Crippen LogP contribution >= 0.6 is 24.8 Å². The summed E-state index contributed by atoms with van der Waals surface area (Å²) in [5.74, 6) is 0.832. The van der Waals surface area contributed by atoms with Crippen LogP contribution in [0.3, 0.4) is 0 Å². The van der Waals surface area contributed by atoms with Gasteiger partial charge in [-0.2, -0.15) is 0 Å².